The molecule has 0 bridgehead atoms. The molecule has 2 N–H and O–H groups in total. The van der Waals surface area contributed by atoms with Gasteiger partial charge in [0.25, 0.3) is 0 Å². The molecule has 1 amide bonds. The van der Waals surface area contributed by atoms with Crippen LogP contribution in [0.15, 0.2) is 0 Å². The monoisotopic (exact) mass is 212 g/mol. The first kappa shape index (κ1) is 12.2. The summed E-state index contributed by atoms with van der Waals surface area (Å²) in [5.41, 5.74) is 5.80. The van der Waals surface area contributed by atoms with E-state index in [1.807, 2.05) is 13.8 Å². The minimum absolute atomic E-state index is 0.0665. The lowest BCUT2D eigenvalue weighted by molar-refractivity contribution is -0.138. The first-order valence-corrected chi connectivity index (χ1v) is 5.51. The highest BCUT2D eigenvalue weighted by molar-refractivity contribution is 5.90. The fraction of sp³-hybridized carbons (Fsp3) is 0.818. The van der Waals surface area contributed by atoms with E-state index in [9.17, 15) is 9.59 Å². The summed E-state index contributed by atoms with van der Waals surface area (Å²) >= 11 is 0. The Morgan fingerprint density at radius 3 is 2.47 bits per heavy atom. The van der Waals surface area contributed by atoms with Crippen molar-refractivity contribution in [3.8, 4) is 0 Å². The molecule has 4 heteroatoms. The van der Waals surface area contributed by atoms with Crippen LogP contribution in [-0.4, -0.2) is 35.2 Å². The zero-order valence-electron chi connectivity index (χ0n) is 9.69. The van der Waals surface area contributed by atoms with E-state index >= 15 is 0 Å². The number of carbonyl (C=O) groups excluding carboxylic acids is 2. The van der Waals surface area contributed by atoms with Crippen molar-refractivity contribution in [1.82, 2.24) is 4.90 Å². The zero-order chi connectivity index (χ0) is 11.6. The van der Waals surface area contributed by atoms with E-state index in [1.165, 1.54) is 6.92 Å². The Hall–Kier alpha value is -0.900. The molecule has 2 atom stereocenters. The zero-order valence-corrected chi connectivity index (χ0v) is 9.69. The van der Waals surface area contributed by atoms with Gasteiger partial charge < -0.3 is 10.6 Å². The molecule has 15 heavy (non-hydrogen) atoms. The van der Waals surface area contributed by atoms with Crippen molar-refractivity contribution in [2.45, 2.75) is 45.7 Å². The molecule has 0 aromatic carbocycles. The molecule has 1 aliphatic rings. The van der Waals surface area contributed by atoms with Crippen LogP contribution in [0.5, 0.6) is 0 Å². The van der Waals surface area contributed by atoms with Gasteiger partial charge >= 0.3 is 0 Å². The minimum atomic E-state index is -0.482. The molecular weight excluding hydrogens is 192 g/mol. The van der Waals surface area contributed by atoms with Gasteiger partial charge in [-0.1, -0.05) is 13.8 Å². The second kappa shape index (κ2) is 4.75. The molecule has 0 unspecified atom stereocenters. The lowest BCUT2D eigenvalue weighted by atomic mass is 10.0. The molecule has 1 rings (SSSR count). The van der Waals surface area contributed by atoms with Crippen molar-refractivity contribution in [1.29, 1.82) is 0 Å². The highest BCUT2D eigenvalue weighted by atomic mass is 16.2. The Balaban J connectivity index is 2.70. The molecule has 0 aliphatic carbocycles. The van der Waals surface area contributed by atoms with E-state index in [1.54, 1.807) is 4.90 Å². The van der Waals surface area contributed by atoms with Gasteiger partial charge in [-0.25, -0.2) is 0 Å². The van der Waals surface area contributed by atoms with Crippen LogP contribution < -0.4 is 5.73 Å². The third kappa shape index (κ3) is 2.56. The van der Waals surface area contributed by atoms with Gasteiger partial charge in [-0.15, -0.1) is 0 Å². The Labute approximate surface area is 90.8 Å². The van der Waals surface area contributed by atoms with Crippen LogP contribution >= 0.6 is 0 Å². The second-order valence-electron chi connectivity index (χ2n) is 4.57. The van der Waals surface area contributed by atoms with E-state index in [0.29, 0.717) is 6.54 Å². The fourth-order valence-corrected chi connectivity index (χ4v) is 1.93. The summed E-state index contributed by atoms with van der Waals surface area (Å²) < 4.78 is 0. The smallest absolute Gasteiger partial charge is 0.240 e. The van der Waals surface area contributed by atoms with Gasteiger partial charge in [0.2, 0.25) is 5.91 Å². The normalized spacial score (nSPS) is 23.3. The molecule has 0 saturated carbocycles. The van der Waals surface area contributed by atoms with E-state index < -0.39 is 6.04 Å². The third-order valence-electron chi connectivity index (χ3n) is 3.01. The average molecular weight is 212 g/mol. The Bertz CT molecular complexity index is 263. The SMILES string of the molecule is CC(=O)[C@H]1CCCN1C(=O)[C@@H](N)C(C)C. The molecule has 0 aromatic rings. The molecule has 1 heterocycles. The molecule has 0 aromatic heterocycles. The van der Waals surface area contributed by atoms with Crippen molar-refractivity contribution in [2.75, 3.05) is 6.54 Å². The summed E-state index contributed by atoms with van der Waals surface area (Å²) in [6.45, 7) is 6.05. The maximum atomic E-state index is 12.0. The summed E-state index contributed by atoms with van der Waals surface area (Å²) in [5, 5.41) is 0. The predicted molar refractivity (Wildman–Crippen MR) is 58.2 cm³/mol. The number of hydrogen-bond donors (Lipinski definition) is 1. The number of amides is 1. The number of ketones is 1. The average Bonchev–Trinajstić information content (AvgIpc) is 2.63. The van der Waals surface area contributed by atoms with Crippen molar-refractivity contribution in [2.24, 2.45) is 11.7 Å². The number of carbonyl (C=O) groups is 2. The molecule has 4 nitrogen and oxygen atoms in total. The number of rotatable bonds is 3. The number of nitrogens with two attached hydrogens (primary N) is 1. The molecule has 1 fully saturated rings. The minimum Gasteiger partial charge on any atom is -0.331 e. The summed E-state index contributed by atoms with van der Waals surface area (Å²) in [6.07, 6.45) is 1.69. The number of nitrogens with zero attached hydrogens (tertiary/aromatic N) is 1. The summed E-state index contributed by atoms with van der Waals surface area (Å²) in [7, 11) is 0. The first-order valence-electron chi connectivity index (χ1n) is 5.51. The van der Waals surface area contributed by atoms with Gasteiger partial charge in [0, 0.05) is 6.54 Å². The van der Waals surface area contributed by atoms with Crippen molar-refractivity contribution >= 4 is 11.7 Å². The van der Waals surface area contributed by atoms with Gasteiger partial charge in [-0.05, 0) is 25.7 Å². The van der Waals surface area contributed by atoms with Gasteiger partial charge in [0.15, 0.2) is 5.78 Å². The van der Waals surface area contributed by atoms with Crippen LogP contribution in [0.2, 0.25) is 0 Å². The van der Waals surface area contributed by atoms with Gasteiger partial charge in [-0.2, -0.15) is 0 Å². The van der Waals surface area contributed by atoms with E-state index in [2.05, 4.69) is 0 Å². The molecule has 0 spiro atoms. The third-order valence-corrected chi connectivity index (χ3v) is 3.01. The van der Waals surface area contributed by atoms with Crippen LogP contribution in [0, 0.1) is 5.92 Å². The highest BCUT2D eigenvalue weighted by Gasteiger charge is 2.34. The standard InChI is InChI=1S/C11H20N2O2/c1-7(2)10(12)11(15)13-6-4-5-9(13)8(3)14/h7,9-10H,4-6,12H2,1-3H3/t9-,10+/m1/s1. The highest BCUT2D eigenvalue weighted by Crippen LogP contribution is 2.19. The summed E-state index contributed by atoms with van der Waals surface area (Å²) in [4.78, 5) is 24.9. The summed E-state index contributed by atoms with van der Waals surface area (Å²) in [5.74, 6) is 0.102. The quantitative estimate of drug-likeness (QED) is 0.743. The lowest BCUT2D eigenvalue weighted by Gasteiger charge is -2.27. The summed E-state index contributed by atoms with van der Waals surface area (Å²) in [6, 6.07) is -0.716. The number of Topliss-reactive ketones (excluding diaryl/α,β-unsaturated/α-hetero) is 1. The van der Waals surface area contributed by atoms with Crippen LogP contribution in [-0.2, 0) is 9.59 Å². The maximum Gasteiger partial charge on any atom is 0.240 e. The maximum absolute atomic E-state index is 12.0. The van der Waals surface area contributed by atoms with Crippen LogP contribution in [0.3, 0.4) is 0 Å². The Kier molecular flexibility index (Phi) is 3.85. The van der Waals surface area contributed by atoms with Crippen LogP contribution in [0.25, 0.3) is 0 Å². The van der Waals surface area contributed by atoms with E-state index in [0.717, 1.165) is 12.8 Å². The molecule has 0 radical (unpaired) electrons. The van der Waals surface area contributed by atoms with E-state index in [4.69, 9.17) is 5.73 Å². The lowest BCUT2D eigenvalue weighted by Crippen LogP contribution is -2.50. The predicted octanol–water partition coefficient (Wildman–Crippen LogP) is 0.550. The van der Waals surface area contributed by atoms with Gasteiger partial charge in [0.05, 0.1) is 12.1 Å². The molecule has 1 saturated heterocycles. The molecule has 86 valence electrons. The molecule has 1 aliphatic heterocycles. The largest absolute Gasteiger partial charge is 0.331 e. The number of likely N-dealkylation sites (tertiary alicyclic amines) is 1. The van der Waals surface area contributed by atoms with Gasteiger partial charge in [0.1, 0.15) is 0 Å². The topological polar surface area (TPSA) is 63.4 Å². The Morgan fingerprint density at radius 1 is 1.40 bits per heavy atom. The fourth-order valence-electron chi connectivity index (χ4n) is 1.93. The van der Waals surface area contributed by atoms with Crippen molar-refractivity contribution in [3.05, 3.63) is 0 Å². The van der Waals surface area contributed by atoms with Crippen LogP contribution in [0.4, 0.5) is 0 Å². The number of hydrogen-bond acceptors (Lipinski definition) is 3. The molecular formula is C11H20N2O2. The van der Waals surface area contributed by atoms with Crippen LogP contribution in [0.1, 0.15) is 33.6 Å². The van der Waals surface area contributed by atoms with E-state index in [-0.39, 0.29) is 23.7 Å². The van der Waals surface area contributed by atoms with Crippen molar-refractivity contribution in [3.63, 3.8) is 0 Å². The Morgan fingerprint density at radius 2 is 2.00 bits per heavy atom. The second-order valence-corrected chi connectivity index (χ2v) is 4.57. The van der Waals surface area contributed by atoms with Crippen molar-refractivity contribution < 1.29 is 9.59 Å². The van der Waals surface area contributed by atoms with Gasteiger partial charge in [-0.3, -0.25) is 9.59 Å². The first-order chi connectivity index (χ1) is 6.95.